The van der Waals surface area contributed by atoms with E-state index in [0.717, 1.165) is 37.9 Å². The Morgan fingerprint density at radius 2 is 1.75 bits per heavy atom. The first-order chi connectivity index (χ1) is 13.5. The van der Waals surface area contributed by atoms with Crippen molar-refractivity contribution in [1.29, 1.82) is 0 Å². The highest BCUT2D eigenvalue weighted by Gasteiger charge is 2.21. The Bertz CT molecular complexity index is 978. The van der Waals surface area contributed by atoms with Crippen LogP contribution in [-0.4, -0.2) is 36.1 Å². The van der Waals surface area contributed by atoms with Gasteiger partial charge < -0.3 is 9.32 Å². The second-order valence-corrected chi connectivity index (χ2v) is 7.20. The van der Waals surface area contributed by atoms with Crippen LogP contribution in [0, 0.1) is 25.5 Å². The maximum absolute atomic E-state index is 14.0. The zero-order valence-corrected chi connectivity index (χ0v) is 16.1. The highest BCUT2D eigenvalue weighted by atomic mass is 19.1. The molecule has 0 N–H and O–H groups in total. The minimum Gasteiger partial charge on any atom is -0.441 e. The van der Waals surface area contributed by atoms with Gasteiger partial charge in [-0.25, -0.2) is 13.8 Å². The van der Waals surface area contributed by atoms with Gasteiger partial charge in [0.05, 0.1) is 11.3 Å². The van der Waals surface area contributed by atoms with Crippen LogP contribution in [0.1, 0.15) is 17.0 Å². The quantitative estimate of drug-likeness (QED) is 0.661. The molecule has 28 heavy (non-hydrogen) atoms. The summed E-state index contributed by atoms with van der Waals surface area (Å²) in [5, 5.41) is 0. The lowest BCUT2D eigenvalue weighted by Crippen LogP contribution is -2.46. The van der Waals surface area contributed by atoms with E-state index in [4.69, 9.17) is 4.42 Å². The maximum atomic E-state index is 14.0. The van der Waals surface area contributed by atoms with Crippen molar-refractivity contribution in [2.24, 2.45) is 0 Å². The minimum absolute atomic E-state index is 0.181. The molecule has 0 radical (unpaired) electrons. The lowest BCUT2D eigenvalue weighted by atomic mass is 10.1. The smallest absolute Gasteiger partial charge is 0.229 e. The number of piperazine rings is 1. The van der Waals surface area contributed by atoms with Gasteiger partial charge in [0.2, 0.25) is 5.89 Å². The predicted octanol–water partition coefficient (Wildman–Crippen LogP) is 4.56. The lowest BCUT2D eigenvalue weighted by molar-refractivity contribution is 0.246. The number of oxazole rings is 1. The van der Waals surface area contributed by atoms with Crippen LogP contribution in [0.3, 0.4) is 0 Å². The number of halogens is 2. The molecule has 0 aliphatic carbocycles. The molecule has 0 unspecified atom stereocenters. The first-order valence-electron chi connectivity index (χ1n) is 9.46. The largest absolute Gasteiger partial charge is 0.441 e. The molecule has 146 valence electrons. The van der Waals surface area contributed by atoms with Crippen molar-refractivity contribution in [3.05, 3.63) is 71.1 Å². The van der Waals surface area contributed by atoms with E-state index in [1.54, 1.807) is 0 Å². The maximum Gasteiger partial charge on any atom is 0.229 e. The molecule has 2 heterocycles. The fourth-order valence-corrected chi connectivity index (χ4v) is 3.63. The van der Waals surface area contributed by atoms with Crippen molar-refractivity contribution in [1.82, 2.24) is 9.88 Å². The van der Waals surface area contributed by atoms with Gasteiger partial charge in [0.1, 0.15) is 17.4 Å². The molecule has 1 fully saturated rings. The molecule has 1 aliphatic heterocycles. The SMILES string of the molecule is Cc1ccccc1N1CCN(Cc2nc(-c3ccc(F)cc3F)oc2C)CC1. The fraction of sp³-hybridized carbons (Fsp3) is 0.318. The molecule has 1 aromatic heterocycles. The zero-order valence-electron chi connectivity index (χ0n) is 16.1. The molecule has 0 bridgehead atoms. The Morgan fingerprint density at radius 3 is 2.46 bits per heavy atom. The van der Waals surface area contributed by atoms with Gasteiger partial charge >= 0.3 is 0 Å². The fourth-order valence-electron chi connectivity index (χ4n) is 3.63. The molecule has 3 aromatic rings. The first kappa shape index (κ1) is 18.6. The van der Waals surface area contributed by atoms with Gasteiger partial charge in [-0.2, -0.15) is 0 Å². The van der Waals surface area contributed by atoms with Crippen molar-refractivity contribution >= 4 is 5.69 Å². The molecule has 6 heteroatoms. The molecule has 4 rings (SSSR count). The van der Waals surface area contributed by atoms with E-state index < -0.39 is 11.6 Å². The molecular weight excluding hydrogens is 360 g/mol. The van der Waals surface area contributed by atoms with Crippen LogP contribution >= 0.6 is 0 Å². The average Bonchev–Trinajstić information content (AvgIpc) is 3.03. The summed E-state index contributed by atoms with van der Waals surface area (Å²) in [5.74, 6) is -0.417. The third kappa shape index (κ3) is 3.78. The summed E-state index contributed by atoms with van der Waals surface area (Å²) in [4.78, 5) is 9.20. The summed E-state index contributed by atoms with van der Waals surface area (Å²) in [6.45, 7) is 8.34. The van der Waals surface area contributed by atoms with E-state index in [0.29, 0.717) is 12.3 Å². The highest BCUT2D eigenvalue weighted by Crippen LogP contribution is 2.26. The van der Waals surface area contributed by atoms with E-state index in [1.165, 1.54) is 23.4 Å². The highest BCUT2D eigenvalue weighted by molar-refractivity contribution is 5.55. The molecule has 0 spiro atoms. The predicted molar refractivity (Wildman–Crippen MR) is 105 cm³/mol. The van der Waals surface area contributed by atoms with Crippen LogP contribution < -0.4 is 4.90 Å². The monoisotopic (exact) mass is 383 g/mol. The zero-order chi connectivity index (χ0) is 19.7. The van der Waals surface area contributed by atoms with Crippen molar-refractivity contribution in [3.8, 4) is 11.5 Å². The summed E-state index contributed by atoms with van der Waals surface area (Å²) in [5.41, 5.74) is 3.55. The van der Waals surface area contributed by atoms with E-state index in [9.17, 15) is 8.78 Å². The van der Waals surface area contributed by atoms with Gasteiger partial charge in [-0.05, 0) is 37.6 Å². The van der Waals surface area contributed by atoms with Crippen molar-refractivity contribution in [2.45, 2.75) is 20.4 Å². The van der Waals surface area contributed by atoms with Crippen molar-refractivity contribution in [3.63, 3.8) is 0 Å². The van der Waals surface area contributed by atoms with Crippen molar-refractivity contribution < 1.29 is 13.2 Å². The van der Waals surface area contributed by atoms with Gasteiger partial charge in [-0.1, -0.05) is 18.2 Å². The number of hydrogen-bond acceptors (Lipinski definition) is 4. The Kier molecular flexibility index (Phi) is 5.13. The van der Waals surface area contributed by atoms with Crippen molar-refractivity contribution in [2.75, 3.05) is 31.1 Å². The number of rotatable bonds is 4. The summed E-state index contributed by atoms with van der Waals surface area (Å²) in [6.07, 6.45) is 0. The summed E-state index contributed by atoms with van der Waals surface area (Å²) >= 11 is 0. The topological polar surface area (TPSA) is 32.5 Å². The van der Waals surface area contributed by atoms with Gasteiger partial charge in [0.15, 0.2) is 0 Å². The first-order valence-corrected chi connectivity index (χ1v) is 9.46. The number of aromatic nitrogens is 1. The number of aryl methyl sites for hydroxylation is 2. The number of benzene rings is 2. The number of anilines is 1. The molecule has 0 saturated carbocycles. The van der Waals surface area contributed by atoms with Crippen LogP contribution in [0.25, 0.3) is 11.5 Å². The van der Waals surface area contributed by atoms with Gasteiger partial charge in [-0.15, -0.1) is 0 Å². The molecular formula is C22H23F2N3O. The van der Waals surface area contributed by atoms with E-state index in [-0.39, 0.29) is 11.5 Å². The standard InChI is InChI=1S/C22H23F2N3O/c1-15-5-3-4-6-21(15)27-11-9-26(10-12-27)14-20-16(2)28-22(25-20)18-8-7-17(23)13-19(18)24/h3-8,13H,9-12,14H2,1-2H3. The van der Waals surface area contributed by atoms with Gasteiger partial charge in [-0.3, -0.25) is 4.90 Å². The Balaban J connectivity index is 1.43. The third-order valence-corrected chi connectivity index (χ3v) is 5.26. The average molecular weight is 383 g/mol. The lowest BCUT2D eigenvalue weighted by Gasteiger charge is -2.36. The minimum atomic E-state index is -0.667. The summed E-state index contributed by atoms with van der Waals surface area (Å²) in [6, 6.07) is 11.9. The van der Waals surface area contributed by atoms with E-state index in [2.05, 4.69) is 46.0 Å². The number of hydrogen-bond donors (Lipinski definition) is 0. The molecule has 0 amide bonds. The molecule has 2 aromatic carbocycles. The van der Waals surface area contributed by atoms with Gasteiger partial charge in [0, 0.05) is 44.5 Å². The van der Waals surface area contributed by atoms with E-state index in [1.807, 2.05) is 6.92 Å². The summed E-state index contributed by atoms with van der Waals surface area (Å²) in [7, 11) is 0. The molecule has 4 nitrogen and oxygen atoms in total. The van der Waals surface area contributed by atoms with E-state index >= 15 is 0 Å². The van der Waals surface area contributed by atoms with Crippen LogP contribution in [0.5, 0.6) is 0 Å². The van der Waals surface area contributed by atoms with Crippen LogP contribution in [0.4, 0.5) is 14.5 Å². The Morgan fingerprint density at radius 1 is 1.00 bits per heavy atom. The second kappa shape index (κ2) is 7.72. The number of para-hydroxylation sites is 1. The van der Waals surface area contributed by atoms with Crippen LogP contribution in [-0.2, 0) is 6.54 Å². The van der Waals surface area contributed by atoms with Crippen LogP contribution in [0.15, 0.2) is 46.9 Å². The van der Waals surface area contributed by atoms with Crippen LogP contribution in [0.2, 0.25) is 0 Å². The molecule has 1 aliphatic rings. The Hall–Kier alpha value is -2.73. The van der Waals surface area contributed by atoms with Gasteiger partial charge in [0.25, 0.3) is 0 Å². The molecule has 0 atom stereocenters. The second-order valence-electron chi connectivity index (χ2n) is 7.20. The normalized spacial score (nSPS) is 15.2. The Labute approximate surface area is 163 Å². The number of nitrogens with zero attached hydrogens (tertiary/aromatic N) is 3. The third-order valence-electron chi connectivity index (χ3n) is 5.26. The summed E-state index contributed by atoms with van der Waals surface area (Å²) < 4.78 is 32.8. The molecule has 1 saturated heterocycles.